The van der Waals surface area contributed by atoms with E-state index in [0.717, 1.165) is 6.07 Å². The lowest BCUT2D eigenvalue weighted by molar-refractivity contribution is -0.274. The molecule has 21 heavy (non-hydrogen) atoms. The minimum Gasteiger partial charge on any atom is -0.404 e. The highest BCUT2D eigenvalue weighted by atomic mass is 19.4. The molecule has 0 unspecified atom stereocenters. The average Bonchev–Trinajstić information content (AvgIpc) is 2.36. The second-order valence-electron chi connectivity index (χ2n) is 4.16. The van der Waals surface area contributed by atoms with Gasteiger partial charge in [0.05, 0.1) is 5.69 Å². The normalized spacial score (nSPS) is 12.0. The zero-order valence-electron chi connectivity index (χ0n) is 11.4. The first kappa shape index (κ1) is 16.6. The van der Waals surface area contributed by atoms with Crippen LogP contribution < -0.4 is 15.8 Å². The van der Waals surface area contributed by atoms with Crippen LogP contribution in [0, 0.1) is 0 Å². The molecule has 0 fully saturated rings. The van der Waals surface area contributed by atoms with E-state index in [1.165, 1.54) is 23.1 Å². The number of hydrogen-bond donors (Lipinski definition) is 2. The van der Waals surface area contributed by atoms with Crippen molar-refractivity contribution in [2.24, 2.45) is 10.7 Å². The zero-order valence-corrected chi connectivity index (χ0v) is 11.4. The fourth-order valence-corrected chi connectivity index (χ4v) is 1.26. The summed E-state index contributed by atoms with van der Waals surface area (Å²) in [6, 6.07) is 5.37. The first-order valence-electron chi connectivity index (χ1n) is 5.81. The molecule has 9 heteroatoms. The van der Waals surface area contributed by atoms with Gasteiger partial charge in [0, 0.05) is 14.1 Å². The zero-order chi connectivity index (χ0) is 16.0. The predicted molar refractivity (Wildman–Crippen MR) is 71.9 cm³/mol. The quantitative estimate of drug-likeness (QED) is 0.651. The standard InChI is InChI=1S/C12H15F3N4O2/c1-19(2)10(20)7-17-11(16)18-8-5-3-4-6-9(8)21-12(13,14)15/h3-6H,7H2,1-2H3,(H3,16,17,18). The van der Waals surface area contributed by atoms with Crippen molar-refractivity contribution in [3.8, 4) is 5.75 Å². The SMILES string of the molecule is CN(C)C(=O)CN=C(N)Nc1ccccc1OC(F)(F)F. The molecule has 0 aromatic heterocycles. The molecule has 0 bridgehead atoms. The molecule has 0 aliphatic rings. The van der Waals surface area contributed by atoms with Gasteiger partial charge in [-0.05, 0) is 12.1 Å². The minimum absolute atomic E-state index is 0.00613. The Morgan fingerprint density at radius 2 is 2.00 bits per heavy atom. The molecule has 0 aliphatic carbocycles. The Balaban J connectivity index is 2.78. The number of halogens is 3. The van der Waals surface area contributed by atoms with Crippen LogP contribution in [0.4, 0.5) is 18.9 Å². The molecule has 0 aliphatic heterocycles. The number of rotatable bonds is 4. The van der Waals surface area contributed by atoms with Crippen LogP contribution in [0.25, 0.3) is 0 Å². The Bertz CT molecular complexity index is 529. The maximum absolute atomic E-state index is 12.2. The predicted octanol–water partition coefficient (Wildman–Crippen LogP) is 1.40. The third kappa shape index (κ3) is 6.02. The number of ether oxygens (including phenoxy) is 1. The number of carbonyl (C=O) groups is 1. The van der Waals surface area contributed by atoms with E-state index >= 15 is 0 Å². The van der Waals surface area contributed by atoms with Crippen molar-refractivity contribution in [3.05, 3.63) is 24.3 Å². The van der Waals surface area contributed by atoms with Crippen LogP contribution in [-0.4, -0.2) is 43.8 Å². The Hall–Kier alpha value is -2.45. The number of para-hydroxylation sites is 2. The van der Waals surface area contributed by atoms with Gasteiger partial charge in [0.15, 0.2) is 11.7 Å². The summed E-state index contributed by atoms with van der Waals surface area (Å²) in [7, 11) is 3.10. The van der Waals surface area contributed by atoms with E-state index in [1.54, 1.807) is 14.1 Å². The van der Waals surface area contributed by atoms with Gasteiger partial charge in [-0.1, -0.05) is 12.1 Å². The molecule has 0 atom stereocenters. The van der Waals surface area contributed by atoms with Crippen molar-refractivity contribution in [1.82, 2.24) is 4.90 Å². The van der Waals surface area contributed by atoms with E-state index < -0.39 is 12.1 Å². The Labute approximate surface area is 119 Å². The van der Waals surface area contributed by atoms with Crippen LogP contribution in [0.15, 0.2) is 29.3 Å². The summed E-state index contributed by atoms with van der Waals surface area (Å²) in [6.07, 6.45) is -4.81. The summed E-state index contributed by atoms with van der Waals surface area (Å²) in [5.74, 6) is -0.926. The number of nitrogens with zero attached hydrogens (tertiary/aromatic N) is 2. The van der Waals surface area contributed by atoms with E-state index in [1.807, 2.05) is 0 Å². The van der Waals surface area contributed by atoms with E-state index in [4.69, 9.17) is 5.73 Å². The summed E-state index contributed by atoms with van der Waals surface area (Å²) in [4.78, 5) is 16.4. The second kappa shape index (κ2) is 6.82. The summed E-state index contributed by atoms with van der Waals surface area (Å²) in [5.41, 5.74) is 5.51. The number of nitrogens with two attached hydrogens (primary N) is 1. The molecular weight excluding hydrogens is 289 g/mol. The molecule has 0 heterocycles. The smallest absolute Gasteiger partial charge is 0.404 e. The third-order valence-electron chi connectivity index (χ3n) is 2.26. The molecule has 116 valence electrons. The number of aliphatic imine (C=N–C) groups is 1. The van der Waals surface area contributed by atoms with Crippen LogP contribution in [-0.2, 0) is 4.79 Å². The van der Waals surface area contributed by atoms with Crippen molar-refractivity contribution >= 4 is 17.6 Å². The van der Waals surface area contributed by atoms with E-state index in [2.05, 4.69) is 15.0 Å². The third-order valence-corrected chi connectivity index (χ3v) is 2.26. The molecule has 0 saturated carbocycles. The van der Waals surface area contributed by atoms with Crippen LogP contribution in [0.5, 0.6) is 5.75 Å². The molecule has 1 aromatic carbocycles. The molecule has 1 aromatic rings. The van der Waals surface area contributed by atoms with E-state index in [-0.39, 0.29) is 24.1 Å². The van der Waals surface area contributed by atoms with Crippen molar-refractivity contribution < 1.29 is 22.7 Å². The highest BCUT2D eigenvalue weighted by molar-refractivity contribution is 5.95. The van der Waals surface area contributed by atoms with Crippen LogP contribution in [0.1, 0.15) is 0 Å². The molecule has 1 amide bonds. The van der Waals surface area contributed by atoms with Crippen molar-refractivity contribution in [2.75, 3.05) is 26.0 Å². The molecule has 3 N–H and O–H groups in total. The monoisotopic (exact) mass is 304 g/mol. The van der Waals surface area contributed by atoms with E-state index in [9.17, 15) is 18.0 Å². The van der Waals surface area contributed by atoms with Crippen molar-refractivity contribution in [2.45, 2.75) is 6.36 Å². The molecule has 1 rings (SSSR count). The highest BCUT2D eigenvalue weighted by Gasteiger charge is 2.32. The summed E-state index contributed by atoms with van der Waals surface area (Å²) in [6.45, 7) is -0.214. The first-order chi connectivity index (χ1) is 9.69. The van der Waals surface area contributed by atoms with Crippen LogP contribution in [0.3, 0.4) is 0 Å². The van der Waals surface area contributed by atoms with Crippen LogP contribution >= 0.6 is 0 Å². The number of likely N-dealkylation sites (N-methyl/N-ethyl adjacent to an activating group) is 1. The average molecular weight is 304 g/mol. The van der Waals surface area contributed by atoms with Gasteiger partial charge in [0.1, 0.15) is 6.54 Å². The van der Waals surface area contributed by atoms with Gasteiger partial charge in [-0.3, -0.25) is 4.79 Å². The molecule has 6 nitrogen and oxygen atoms in total. The number of anilines is 1. The Morgan fingerprint density at radius 3 is 2.57 bits per heavy atom. The largest absolute Gasteiger partial charge is 0.573 e. The maximum Gasteiger partial charge on any atom is 0.573 e. The second-order valence-corrected chi connectivity index (χ2v) is 4.16. The topological polar surface area (TPSA) is 80.0 Å². The van der Waals surface area contributed by atoms with Gasteiger partial charge in [-0.2, -0.15) is 0 Å². The molecule has 0 radical (unpaired) electrons. The lowest BCUT2D eigenvalue weighted by Crippen LogP contribution is -2.28. The van der Waals surface area contributed by atoms with Gasteiger partial charge in [-0.15, -0.1) is 13.2 Å². The van der Waals surface area contributed by atoms with Crippen molar-refractivity contribution in [3.63, 3.8) is 0 Å². The fourth-order valence-electron chi connectivity index (χ4n) is 1.26. The summed E-state index contributed by atoms with van der Waals surface area (Å²) < 4.78 is 40.6. The number of benzene rings is 1. The van der Waals surface area contributed by atoms with Crippen LogP contribution in [0.2, 0.25) is 0 Å². The van der Waals surface area contributed by atoms with Gasteiger partial charge < -0.3 is 20.7 Å². The molecule has 0 saturated heterocycles. The Morgan fingerprint density at radius 1 is 1.38 bits per heavy atom. The van der Waals surface area contributed by atoms with Gasteiger partial charge in [0.25, 0.3) is 0 Å². The van der Waals surface area contributed by atoms with Gasteiger partial charge >= 0.3 is 6.36 Å². The lowest BCUT2D eigenvalue weighted by Gasteiger charge is -2.14. The number of guanidine groups is 1. The Kier molecular flexibility index (Phi) is 5.39. The molecule has 0 spiro atoms. The summed E-state index contributed by atoms with van der Waals surface area (Å²) in [5, 5.41) is 2.46. The number of hydrogen-bond acceptors (Lipinski definition) is 3. The lowest BCUT2D eigenvalue weighted by atomic mass is 10.3. The number of nitrogens with one attached hydrogen (secondary N) is 1. The molecular formula is C12H15F3N4O2. The maximum atomic E-state index is 12.2. The fraction of sp³-hybridized carbons (Fsp3) is 0.333. The first-order valence-corrected chi connectivity index (χ1v) is 5.81. The number of alkyl halides is 3. The highest BCUT2D eigenvalue weighted by Crippen LogP contribution is 2.29. The summed E-state index contributed by atoms with van der Waals surface area (Å²) >= 11 is 0. The number of carbonyl (C=O) groups excluding carboxylic acids is 1. The minimum atomic E-state index is -4.81. The van der Waals surface area contributed by atoms with E-state index in [0.29, 0.717) is 0 Å². The van der Waals surface area contributed by atoms with Gasteiger partial charge in [0.2, 0.25) is 5.91 Å². The number of amides is 1. The van der Waals surface area contributed by atoms with Gasteiger partial charge in [-0.25, -0.2) is 4.99 Å². The van der Waals surface area contributed by atoms with Crippen molar-refractivity contribution in [1.29, 1.82) is 0 Å².